The van der Waals surface area contributed by atoms with Crippen molar-refractivity contribution in [3.05, 3.63) is 196 Å². The molecule has 0 radical (unpaired) electrons. The highest BCUT2D eigenvalue weighted by Crippen LogP contribution is 2.56. The number of para-hydroxylation sites is 1. The molecule has 1 aliphatic carbocycles. The van der Waals surface area contributed by atoms with Crippen molar-refractivity contribution in [2.24, 2.45) is 0 Å². The van der Waals surface area contributed by atoms with Crippen molar-refractivity contribution in [1.82, 2.24) is 10.2 Å². The minimum absolute atomic E-state index is 0.00379. The maximum atomic E-state index is 6.98. The lowest BCUT2D eigenvalue weighted by Crippen LogP contribution is -2.36. The molecule has 0 bridgehead atoms. The van der Waals surface area contributed by atoms with Crippen LogP contribution in [0.1, 0.15) is 70.6 Å². The van der Waals surface area contributed by atoms with Crippen LogP contribution in [0.3, 0.4) is 0 Å². The molecule has 0 spiro atoms. The molecule has 1 aromatic heterocycles. The normalized spacial score (nSPS) is 19.4. The van der Waals surface area contributed by atoms with Gasteiger partial charge in [0.1, 0.15) is 17.4 Å². The Morgan fingerprint density at radius 3 is 2.06 bits per heavy atom. The quantitative estimate of drug-likeness (QED) is 0.217. The first-order valence-electron chi connectivity index (χ1n) is 16.5. The monoisotopic (exact) mass is 608 g/mol. The van der Waals surface area contributed by atoms with Crippen LogP contribution in [0.4, 0.5) is 0 Å². The van der Waals surface area contributed by atoms with Gasteiger partial charge in [0.05, 0.1) is 11.7 Å². The molecule has 228 valence electrons. The van der Waals surface area contributed by atoms with Crippen molar-refractivity contribution in [3.8, 4) is 0 Å². The van der Waals surface area contributed by atoms with Gasteiger partial charge in [-0.1, -0.05) is 141 Å². The number of furan rings is 1. The number of hydrogen-bond donors (Lipinski definition) is 1. The van der Waals surface area contributed by atoms with Gasteiger partial charge in [0.25, 0.3) is 0 Å². The zero-order valence-corrected chi connectivity index (χ0v) is 26.9. The van der Waals surface area contributed by atoms with E-state index in [-0.39, 0.29) is 17.5 Å². The molecular weight excluding hydrogens is 572 g/mol. The van der Waals surface area contributed by atoms with Crippen LogP contribution in [0.2, 0.25) is 0 Å². The van der Waals surface area contributed by atoms with Crippen LogP contribution >= 0.6 is 0 Å². The van der Waals surface area contributed by atoms with E-state index in [1.807, 2.05) is 0 Å². The second-order valence-electron chi connectivity index (χ2n) is 13.4. The van der Waals surface area contributed by atoms with Crippen LogP contribution < -0.4 is 5.32 Å². The van der Waals surface area contributed by atoms with Gasteiger partial charge in [0, 0.05) is 40.2 Å². The summed E-state index contributed by atoms with van der Waals surface area (Å²) in [5, 5.41) is 5.13. The summed E-state index contributed by atoms with van der Waals surface area (Å²) in [5.41, 5.74) is 14.3. The number of fused-ring (bicyclic) bond motifs is 8. The highest BCUT2D eigenvalue weighted by molar-refractivity contribution is 6.09. The summed E-state index contributed by atoms with van der Waals surface area (Å²) in [6.07, 6.45) is 4.68. The first-order valence-corrected chi connectivity index (χ1v) is 16.5. The van der Waals surface area contributed by atoms with Gasteiger partial charge in [-0.2, -0.15) is 0 Å². The van der Waals surface area contributed by atoms with Crippen molar-refractivity contribution in [1.29, 1.82) is 0 Å². The van der Waals surface area contributed by atoms with Gasteiger partial charge in [-0.3, -0.25) is 0 Å². The van der Waals surface area contributed by atoms with E-state index in [1.165, 1.54) is 55.8 Å². The van der Waals surface area contributed by atoms with E-state index in [0.717, 1.165) is 22.4 Å². The highest BCUT2D eigenvalue weighted by atomic mass is 16.3. The van der Waals surface area contributed by atoms with Gasteiger partial charge in [-0.15, -0.1) is 0 Å². The number of nitrogens with zero attached hydrogens (tertiary/aromatic N) is 1. The summed E-state index contributed by atoms with van der Waals surface area (Å²) in [5.74, 6) is 0.972. The first kappa shape index (κ1) is 27.7. The van der Waals surface area contributed by atoms with Crippen LogP contribution in [0.5, 0.6) is 0 Å². The van der Waals surface area contributed by atoms with E-state index in [9.17, 15) is 0 Å². The Labute approximate surface area is 276 Å². The third-order valence-corrected chi connectivity index (χ3v) is 10.4. The Bertz CT molecular complexity index is 2270. The van der Waals surface area contributed by atoms with Crippen molar-refractivity contribution in [3.63, 3.8) is 0 Å². The summed E-state index contributed by atoms with van der Waals surface area (Å²) in [4.78, 5) is 2.46. The topological polar surface area (TPSA) is 28.4 Å². The number of benzene rings is 5. The van der Waals surface area contributed by atoms with Crippen LogP contribution in [0.15, 0.2) is 156 Å². The van der Waals surface area contributed by atoms with Gasteiger partial charge < -0.3 is 14.6 Å². The van der Waals surface area contributed by atoms with E-state index >= 15 is 0 Å². The number of allylic oxidation sites excluding steroid dienone is 2. The molecule has 3 aliphatic rings. The lowest BCUT2D eigenvalue weighted by Gasteiger charge is -2.40. The fourth-order valence-electron chi connectivity index (χ4n) is 8.14. The summed E-state index contributed by atoms with van der Waals surface area (Å²) in [6, 6.07) is 47.8. The third-order valence-electron chi connectivity index (χ3n) is 10.4. The lowest BCUT2D eigenvalue weighted by molar-refractivity contribution is 0.323. The molecule has 0 saturated heterocycles. The average molecular weight is 609 g/mol. The number of rotatable bonds is 3. The molecule has 3 nitrogen and oxygen atoms in total. The van der Waals surface area contributed by atoms with Crippen LogP contribution in [0, 0.1) is 0 Å². The molecule has 6 aromatic rings. The molecule has 0 amide bonds. The molecule has 0 saturated carbocycles. The molecule has 2 unspecified atom stereocenters. The van der Waals surface area contributed by atoms with Crippen molar-refractivity contribution >= 4 is 27.8 Å². The molecule has 3 heterocycles. The van der Waals surface area contributed by atoms with Gasteiger partial charge in [0.2, 0.25) is 0 Å². The van der Waals surface area contributed by atoms with Gasteiger partial charge in [-0.25, -0.2) is 0 Å². The number of nitrogens with one attached hydrogen (secondary N) is 1. The highest BCUT2D eigenvalue weighted by Gasteiger charge is 2.44. The molecule has 47 heavy (non-hydrogen) atoms. The summed E-state index contributed by atoms with van der Waals surface area (Å²) in [6.45, 7) is 4.73. The fraction of sp³-hybridized carbons (Fsp3) is 0.136. The molecule has 2 atom stereocenters. The lowest BCUT2D eigenvalue weighted by atomic mass is 9.75. The maximum Gasteiger partial charge on any atom is 0.141 e. The van der Waals surface area contributed by atoms with Crippen molar-refractivity contribution in [2.75, 3.05) is 7.05 Å². The second kappa shape index (κ2) is 10.5. The van der Waals surface area contributed by atoms with Crippen molar-refractivity contribution in [2.45, 2.75) is 31.3 Å². The summed E-state index contributed by atoms with van der Waals surface area (Å²) >= 11 is 0. The van der Waals surface area contributed by atoms with Crippen molar-refractivity contribution < 1.29 is 4.42 Å². The molecule has 5 aromatic carbocycles. The minimum Gasteiger partial charge on any atom is -0.458 e. The molecule has 9 rings (SSSR count). The second-order valence-corrected chi connectivity index (χ2v) is 13.4. The predicted octanol–water partition coefficient (Wildman–Crippen LogP) is 10.3. The summed E-state index contributed by atoms with van der Waals surface area (Å²) < 4.78 is 6.98. The van der Waals surface area contributed by atoms with E-state index < -0.39 is 0 Å². The van der Waals surface area contributed by atoms with Crippen LogP contribution in [-0.2, 0) is 5.41 Å². The van der Waals surface area contributed by atoms with Crippen LogP contribution in [-0.4, -0.2) is 11.9 Å². The number of likely N-dealkylation sites (N-methyl/N-ethyl adjacent to an activating group) is 1. The molecule has 0 fully saturated rings. The molecule has 3 heteroatoms. The molecule has 2 aliphatic heterocycles. The third kappa shape index (κ3) is 4.19. The van der Waals surface area contributed by atoms with Gasteiger partial charge in [0.15, 0.2) is 0 Å². The minimum atomic E-state index is -0.204. The number of hydrogen-bond acceptors (Lipinski definition) is 3. The van der Waals surface area contributed by atoms with E-state index in [4.69, 9.17) is 4.42 Å². The SMILES string of the molecule is CN1C2=C(c3ccccc3C(C)(C)c3ccccc32)c2c(oc3ccccc23)C1C1=CC(c2ccccc2)=CC(c2ccccc2)N1. The Morgan fingerprint density at radius 2 is 1.30 bits per heavy atom. The van der Waals surface area contributed by atoms with E-state index in [0.29, 0.717) is 0 Å². The largest absolute Gasteiger partial charge is 0.458 e. The molecular formula is C44H36N2O. The Hall–Kier alpha value is -5.54. The number of dihydropyridines is 1. The van der Waals surface area contributed by atoms with E-state index in [2.05, 4.69) is 177 Å². The fourth-order valence-corrected chi connectivity index (χ4v) is 8.14. The van der Waals surface area contributed by atoms with E-state index in [1.54, 1.807) is 0 Å². The Morgan fingerprint density at radius 1 is 0.681 bits per heavy atom. The first-order chi connectivity index (χ1) is 23.0. The van der Waals surface area contributed by atoms with Crippen LogP contribution in [0.25, 0.3) is 27.8 Å². The zero-order valence-electron chi connectivity index (χ0n) is 26.9. The van der Waals surface area contributed by atoms with Gasteiger partial charge in [-0.05, 0) is 51.6 Å². The average Bonchev–Trinajstić information content (AvgIpc) is 3.47. The standard InChI is InChI=1S/C44H36N2O/c1-44(2)34-23-13-10-20-31(34)39-40-33-22-12-15-25-38(33)47-43(40)42(46(3)41(39)32-21-11-14-24-35(32)44)37-27-30(28-16-6-4-7-17-28)26-36(45-37)29-18-8-5-9-19-29/h4-27,36,42,45H,1-3H3. The Kier molecular flexibility index (Phi) is 6.20. The smallest absolute Gasteiger partial charge is 0.141 e. The zero-order chi connectivity index (χ0) is 31.7. The molecule has 1 N–H and O–H groups in total. The summed E-state index contributed by atoms with van der Waals surface area (Å²) in [7, 11) is 2.24. The van der Waals surface area contributed by atoms with Gasteiger partial charge >= 0.3 is 0 Å². The predicted molar refractivity (Wildman–Crippen MR) is 192 cm³/mol. The maximum absolute atomic E-state index is 6.98. The Balaban J connectivity index is 1.34.